The molecule has 0 saturated carbocycles. The first kappa shape index (κ1) is 11.8. The molecule has 0 spiro atoms. The number of anilines is 2. The number of hydrogen-bond acceptors (Lipinski definition) is 7. The maximum Gasteiger partial charge on any atom is 0.206 e. The SMILES string of the molecule is Nc1nc(N)c(C(=O)c2ccc3c(c2)OCCO3)s1. The minimum absolute atomic E-state index is 0.155. The molecule has 0 atom stereocenters. The second kappa shape index (κ2) is 4.43. The predicted octanol–water partition coefficient (Wildman–Crippen LogP) is 1.31. The molecule has 1 aromatic carbocycles. The number of rotatable bonds is 2. The van der Waals surface area contributed by atoms with E-state index < -0.39 is 0 Å². The van der Waals surface area contributed by atoms with Gasteiger partial charge in [-0.05, 0) is 18.2 Å². The Labute approximate surface area is 113 Å². The van der Waals surface area contributed by atoms with Gasteiger partial charge in [0.15, 0.2) is 16.6 Å². The van der Waals surface area contributed by atoms with Crippen molar-refractivity contribution in [2.24, 2.45) is 0 Å². The molecule has 19 heavy (non-hydrogen) atoms. The standard InChI is InChI=1S/C12H11N3O3S/c13-11-10(19-12(14)15-11)9(16)6-1-2-7-8(5-6)18-4-3-17-7/h1-2,5H,3-4,13H2,(H2,14,15). The van der Waals surface area contributed by atoms with E-state index in [0.717, 1.165) is 11.3 Å². The van der Waals surface area contributed by atoms with Gasteiger partial charge in [0.25, 0.3) is 0 Å². The lowest BCUT2D eigenvalue weighted by Gasteiger charge is -2.18. The van der Waals surface area contributed by atoms with Crippen molar-refractivity contribution < 1.29 is 14.3 Å². The summed E-state index contributed by atoms with van der Waals surface area (Å²) in [5, 5.41) is 0.276. The second-order valence-corrected chi connectivity index (χ2v) is 4.98. The lowest BCUT2D eigenvalue weighted by atomic mass is 10.1. The van der Waals surface area contributed by atoms with E-state index in [1.165, 1.54) is 0 Å². The smallest absolute Gasteiger partial charge is 0.206 e. The van der Waals surface area contributed by atoms with E-state index in [9.17, 15) is 4.79 Å². The molecular weight excluding hydrogens is 266 g/mol. The summed E-state index contributed by atoms with van der Waals surface area (Å²) in [6.07, 6.45) is 0. The first-order chi connectivity index (χ1) is 9.15. The molecule has 0 saturated heterocycles. The van der Waals surface area contributed by atoms with Crippen molar-refractivity contribution >= 4 is 28.1 Å². The van der Waals surface area contributed by atoms with E-state index in [2.05, 4.69) is 4.98 Å². The number of fused-ring (bicyclic) bond motifs is 1. The van der Waals surface area contributed by atoms with Crippen LogP contribution < -0.4 is 20.9 Å². The van der Waals surface area contributed by atoms with Gasteiger partial charge in [-0.25, -0.2) is 4.98 Å². The van der Waals surface area contributed by atoms with Gasteiger partial charge < -0.3 is 20.9 Å². The van der Waals surface area contributed by atoms with E-state index in [4.69, 9.17) is 20.9 Å². The summed E-state index contributed by atoms with van der Waals surface area (Å²) in [4.78, 5) is 16.5. The Morgan fingerprint density at radius 1 is 1.21 bits per heavy atom. The zero-order valence-electron chi connectivity index (χ0n) is 9.88. The van der Waals surface area contributed by atoms with Crippen molar-refractivity contribution in [3.8, 4) is 11.5 Å². The van der Waals surface area contributed by atoms with E-state index >= 15 is 0 Å². The van der Waals surface area contributed by atoms with Crippen molar-refractivity contribution in [3.63, 3.8) is 0 Å². The average molecular weight is 277 g/mol. The number of nitrogens with two attached hydrogens (primary N) is 2. The summed E-state index contributed by atoms with van der Waals surface area (Å²) < 4.78 is 10.8. The van der Waals surface area contributed by atoms with E-state index in [0.29, 0.717) is 35.2 Å². The highest BCUT2D eigenvalue weighted by atomic mass is 32.1. The maximum atomic E-state index is 12.3. The molecule has 6 nitrogen and oxygen atoms in total. The van der Waals surface area contributed by atoms with Crippen molar-refractivity contribution in [3.05, 3.63) is 28.6 Å². The van der Waals surface area contributed by atoms with E-state index in [-0.39, 0.29) is 16.7 Å². The number of hydrogen-bond donors (Lipinski definition) is 2. The molecule has 0 radical (unpaired) electrons. The largest absolute Gasteiger partial charge is 0.486 e. The number of nitrogens with zero attached hydrogens (tertiary/aromatic N) is 1. The molecule has 1 aliphatic heterocycles. The fourth-order valence-corrected chi connectivity index (χ4v) is 2.54. The highest BCUT2D eigenvalue weighted by Crippen LogP contribution is 2.33. The third-order valence-corrected chi connectivity index (χ3v) is 3.58. The van der Waals surface area contributed by atoms with Crippen molar-refractivity contribution in [2.45, 2.75) is 0 Å². The van der Waals surface area contributed by atoms with Crippen LogP contribution in [-0.4, -0.2) is 24.0 Å². The maximum absolute atomic E-state index is 12.3. The van der Waals surface area contributed by atoms with E-state index in [1.807, 2.05) is 0 Å². The summed E-state index contributed by atoms with van der Waals surface area (Å²) in [5.41, 5.74) is 11.7. The first-order valence-electron chi connectivity index (χ1n) is 5.61. The quantitative estimate of drug-likeness (QED) is 0.803. The Morgan fingerprint density at radius 2 is 1.95 bits per heavy atom. The molecule has 0 unspecified atom stereocenters. The molecule has 3 rings (SSSR count). The van der Waals surface area contributed by atoms with Crippen LogP contribution >= 0.6 is 11.3 Å². The summed E-state index contributed by atoms with van der Waals surface area (Å²) in [7, 11) is 0. The number of ether oxygens (including phenoxy) is 2. The Balaban J connectivity index is 1.98. The summed E-state index contributed by atoms with van der Waals surface area (Å²) in [6, 6.07) is 5.03. The van der Waals surface area contributed by atoms with E-state index in [1.54, 1.807) is 18.2 Å². The lowest BCUT2D eigenvalue weighted by molar-refractivity contribution is 0.104. The number of thiazole rings is 1. The number of carbonyl (C=O) groups excluding carboxylic acids is 1. The normalized spacial score (nSPS) is 13.3. The summed E-state index contributed by atoms with van der Waals surface area (Å²) in [5.74, 6) is 1.14. The van der Waals surface area contributed by atoms with Gasteiger partial charge in [-0.15, -0.1) is 0 Å². The van der Waals surface area contributed by atoms with Crippen LogP contribution in [0.1, 0.15) is 15.2 Å². The molecule has 98 valence electrons. The van der Waals surface area contributed by atoms with Gasteiger partial charge in [0.1, 0.15) is 23.9 Å². The van der Waals surface area contributed by atoms with Gasteiger partial charge in [-0.1, -0.05) is 11.3 Å². The van der Waals surface area contributed by atoms with Crippen molar-refractivity contribution in [1.29, 1.82) is 0 Å². The number of nitrogen functional groups attached to an aromatic ring is 2. The van der Waals surface area contributed by atoms with Crippen LogP contribution in [0.5, 0.6) is 11.5 Å². The zero-order chi connectivity index (χ0) is 13.4. The molecule has 0 aliphatic carbocycles. The molecule has 1 aromatic heterocycles. The number of benzene rings is 1. The van der Waals surface area contributed by atoms with Crippen LogP contribution in [0.25, 0.3) is 0 Å². The third-order valence-electron chi connectivity index (χ3n) is 2.68. The van der Waals surface area contributed by atoms with Crippen LogP contribution in [0, 0.1) is 0 Å². The van der Waals surface area contributed by atoms with Crippen LogP contribution in [0.3, 0.4) is 0 Å². The minimum atomic E-state index is -0.219. The predicted molar refractivity (Wildman–Crippen MR) is 71.8 cm³/mol. The second-order valence-electron chi connectivity index (χ2n) is 3.95. The Morgan fingerprint density at radius 3 is 2.63 bits per heavy atom. The molecule has 0 amide bonds. The van der Waals surface area contributed by atoms with Crippen molar-refractivity contribution in [1.82, 2.24) is 4.98 Å². The fraction of sp³-hybridized carbons (Fsp3) is 0.167. The van der Waals surface area contributed by atoms with Gasteiger partial charge in [0.2, 0.25) is 5.78 Å². The summed E-state index contributed by atoms with van der Waals surface area (Å²) >= 11 is 1.07. The van der Waals surface area contributed by atoms with Gasteiger partial charge in [0.05, 0.1) is 0 Å². The Bertz CT molecular complexity index is 654. The third kappa shape index (κ3) is 2.08. The topological polar surface area (TPSA) is 100 Å². The van der Waals surface area contributed by atoms with Crippen LogP contribution in [0.2, 0.25) is 0 Å². The summed E-state index contributed by atoms with van der Waals surface area (Å²) in [6.45, 7) is 0.985. The molecule has 4 N–H and O–H groups in total. The van der Waals surface area contributed by atoms with Gasteiger partial charge in [-0.3, -0.25) is 4.79 Å². The monoisotopic (exact) mass is 277 g/mol. The molecule has 0 bridgehead atoms. The number of carbonyl (C=O) groups is 1. The molecular formula is C12H11N3O3S. The van der Waals surface area contributed by atoms with Crippen molar-refractivity contribution in [2.75, 3.05) is 24.7 Å². The van der Waals surface area contributed by atoms with Gasteiger partial charge >= 0.3 is 0 Å². The van der Waals surface area contributed by atoms with Gasteiger partial charge in [-0.2, -0.15) is 0 Å². The minimum Gasteiger partial charge on any atom is -0.486 e. The highest BCUT2D eigenvalue weighted by molar-refractivity contribution is 7.18. The molecule has 1 aliphatic rings. The first-order valence-corrected chi connectivity index (χ1v) is 6.43. The molecule has 2 heterocycles. The van der Waals surface area contributed by atoms with Gasteiger partial charge in [0, 0.05) is 5.56 Å². The number of ketones is 1. The molecule has 0 fully saturated rings. The molecule has 2 aromatic rings. The Hall–Kier alpha value is -2.28. The number of aromatic nitrogens is 1. The Kier molecular flexibility index (Phi) is 2.75. The highest BCUT2D eigenvalue weighted by Gasteiger charge is 2.20. The lowest BCUT2D eigenvalue weighted by Crippen LogP contribution is -2.15. The van der Waals surface area contributed by atoms with Crippen LogP contribution in [0.4, 0.5) is 10.9 Å². The fourth-order valence-electron chi connectivity index (χ4n) is 1.83. The molecule has 7 heteroatoms. The average Bonchev–Trinajstić information content (AvgIpc) is 2.76. The van der Waals surface area contributed by atoms with Crippen LogP contribution in [0.15, 0.2) is 18.2 Å². The zero-order valence-corrected chi connectivity index (χ0v) is 10.7. The van der Waals surface area contributed by atoms with Crippen LogP contribution in [-0.2, 0) is 0 Å².